The lowest BCUT2D eigenvalue weighted by Crippen LogP contribution is -2.28. The van der Waals surface area contributed by atoms with Crippen LogP contribution in [0, 0.1) is 0 Å². The fourth-order valence-electron chi connectivity index (χ4n) is 8.53. The third-order valence-corrected chi connectivity index (χ3v) is 13.4. The number of esters is 2. The number of unbranched alkanes of at least 4 members (excludes halogenated alkanes) is 18. The maximum Gasteiger partial charge on any atom is 0.306 e. The van der Waals surface area contributed by atoms with E-state index in [0.717, 1.165) is 154 Å². The van der Waals surface area contributed by atoms with E-state index < -0.39 is 6.10 Å². The zero-order chi connectivity index (χ0) is 59.1. The number of rotatable bonds is 58. The molecule has 0 spiro atoms. The second-order valence-corrected chi connectivity index (χ2v) is 21.1. The van der Waals surface area contributed by atoms with Crippen molar-refractivity contribution in [2.24, 2.45) is 0 Å². The average Bonchev–Trinajstić information content (AvgIpc) is 3.49. The van der Waals surface area contributed by atoms with Crippen LogP contribution in [0.5, 0.6) is 0 Å². The molecule has 0 saturated carbocycles. The van der Waals surface area contributed by atoms with Crippen LogP contribution in [0.1, 0.15) is 258 Å². The summed E-state index contributed by atoms with van der Waals surface area (Å²) in [5.41, 5.74) is 0. The lowest BCUT2D eigenvalue weighted by atomic mass is 10.0. The third kappa shape index (κ3) is 67.2. The summed E-state index contributed by atoms with van der Waals surface area (Å²) < 4.78 is 10.7. The Morgan fingerprint density at radius 2 is 0.488 bits per heavy atom. The van der Waals surface area contributed by atoms with Gasteiger partial charge in [0.2, 0.25) is 0 Å². The van der Waals surface area contributed by atoms with Gasteiger partial charge in [0.1, 0.15) is 6.61 Å². The van der Waals surface area contributed by atoms with E-state index in [4.69, 9.17) is 9.47 Å². The van der Waals surface area contributed by atoms with Crippen LogP contribution in [0.25, 0.3) is 0 Å². The van der Waals surface area contributed by atoms with Gasteiger partial charge in [0.25, 0.3) is 0 Å². The molecule has 0 aromatic heterocycles. The Kier molecular flexibility index (Phi) is 65.5. The van der Waals surface area contributed by atoms with Crippen molar-refractivity contribution in [1.29, 1.82) is 0 Å². The third-order valence-electron chi connectivity index (χ3n) is 13.4. The Morgan fingerprint density at radius 3 is 0.732 bits per heavy atom. The quantitative estimate of drug-likeness (QED) is 0.0373. The van der Waals surface area contributed by atoms with E-state index >= 15 is 0 Å². The zero-order valence-electron chi connectivity index (χ0n) is 52.4. The monoisotopic (exact) mass is 1120 g/mol. The number of hydrogen-bond donors (Lipinski definition) is 1. The molecule has 0 saturated heterocycles. The van der Waals surface area contributed by atoms with Crippen LogP contribution < -0.4 is 0 Å². The van der Waals surface area contributed by atoms with E-state index in [1.165, 1.54) is 77.0 Å². The Bertz CT molecular complexity index is 1900. The van der Waals surface area contributed by atoms with Gasteiger partial charge in [-0.15, -0.1) is 0 Å². The number of allylic oxidation sites excluding steroid dienone is 32. The number of aliphatic hydroxyl groups is 1. The second kappa shape index (κ2) is 70.0. The van der Waals surface area contributed by atoms with Gasteiger partial charge in [-0.2, -0.15) is 0 Å². The summed E-state index contributed by atoms with van der Waals surface area (Å²) >= 11 is 0. The minimum Gasteiger partial charge on any atom is -0.462 e. The highest BCUT2D eigenvalue weighted by Gasteiger charge is 2.16. The molecule has 0 aliphatic rings. The van der Waals surface area contributed by atoms with Gasteiger partial charge in [-0.1, -0.05) is 298 Å². The van der Waals surface area contributed by atoms with Crippen LogP contribution in [-0.4, -0.2) is 36.4 Å². The molecule has 1 atom stereocenters. The van der Waals surface area contributed by atoms with Crippen molar-refractivity contribution in [1.82, 2.24) is 0 Å². The Morgan fingerprint density at radius 1 is 0.280 bits per heavy atom. The summed E-state index contributed by atoms with van der Waals surface area (Å²) in [6, 6.07) is 0. The first-order valence-corrected chi connectivity index (χ1v) is 33.0. The molecule has 0 rings (SSSR count). The van der Waals surface area contributed by atoms with Crippen LogP contribution in [0.4, 0.5) is 0 Å². The Labute approximate surface area is 505 Å². The standard InChI is InChI=1S/C77H120O5/c1-3-5-7-9-11-13-15-17-19-21-23-25-27-29-31-32-33-34-35-36-37-38-39-40-41-42-43-44-46-48-50-52-54-56-58-60-62-64-66-68-70-72-77(80)82-75(73-78)74-81-76(79)71-69-67-65-63-61-59-57-55-53-51-49-47-45-30-28-26-24-22-20-18-16-14-12-10-8-6-4-2/h5-8,11-14,17-20,23-26,29,31,33-34,36-37,39-40,42-43,46,48,52,54,58,60,75,78H,3-4,9-10,15-16,21-22,27-28,30,32,35,38,41,44-45,47,49-51,53,55-57,59,61-74H2,1-2H3/b7-5-,8-6-,13-11-,14-12-,19-17-,20-18-,25-23-,26-24-,31-29-,34-33-,37-36-,40-39-,43-42-,48-46-,54-52-,60-58-. The number of hydrogen-bond acceptors (Lipinski definition) is 5. The van der Waals surface area contributed by atoms with Crippen molar-refractivity contribution in [2.45, 2.75) is 264 Å². The van der Waals surface area contributed by atoms with Gasteiger partial charge in [0.15, 0.2) is 6.10 Å². The summed E-state index contributed by atoms with van der Waals surface area (Å²) in [6.07, 6.45) is 111. The maximum atomic E-state index is 12.3. The molecule has 0 radical (unpaired) electrons. The van der Waals surface area contributed by atoms with E-state index in [0.29, 0.717) is 12.8 Å². The zero-order valence-corrected chi connectivity index (χ0v) is 52.4. The molecule has 0 bridgehead atoms. The van der Waals surface area contributed by atoms with Crippen molar-refractivity contribution in [3.63, 3.8) is 0 Å². The summed E-state index contributed by atoms with van der Waals surface area (Å²) in [5, 5.41) is 9.68. The van der Waals surface area contributed by atoms with Crippen LogP contribution in [-0.2, 0) is 19.1 Å². The minimum atomic E-state index is -0.802. The molecule has 5 nitrogen and oxygen atoms in total. The smallest absolute Gasteiger partial charge is 0.306 e. The highest BCUT2D eigenvalue weighted by molar-refractivity contribution is 5.70. The van der Waals surface area contributed by atoms with Gasteiger partial charge >= 0.3 is 11.9 Å². The largest absolute Gasteiger partial charge is 0.462 e. The lowest BCUT2D eigenvalue weighted by Gasteiger charge is -2.15. The second-order valence-electron chi connectivity index (χ2n) is 21.1. The maximum absolute atomic E-state index is 12.3. The molecule has 0 aromatic carbocycles. The highest BCUT2D eigenvalue weighted by atomic mass is 16.6. The predicted molar refractivity (Wildman–Crippen MR) is 361 cm³/mol. The summed E-state index contributed by atoms with van der Waals surface area (Å²) in [6.45, 7) is 3.89. The predicted octanol–water partition coefficient (Wildman–Crippen LogP) is 23.2. The number of carbonyl (C=O) groups is 2. The normalized spacial score (nSPS) is 13.5. The van der Waals surface area contributed by atoms with Crippen molar-refractivity contribution < 1.29 is 24.2 Å². The molecule has 1 unspecified atom stereocenters. The molecule has 82 heavy (non-hydrogen) atoms. The first kappa shape index (κ1) is 76.7. The van der Waals surface area contributed by atoms with Crippen LogP contribution in [0.15, 0.2) is 194 Å². The first-order chi connectivity index (χ1) is 40.6. The number of carbonyl (C=O) groups excluding carboxylic acids is 2. The van der Waals surface area contributed by atoms with E-state index in [-0.39, 0.29) is 25.2 Å². The average molecular weight is 1130 g/mol. The van der Waals surface area contributed by atoms with Gasteiger partial charge in [0, 0.05) is 12.8 Å². The molecule has 0 fully saturated rings. The fourth-order valence-corrected chi connectivity index (χ4v) is 8.53. The van der Waals surface area contributed by atoms with Crippen LogP contribution in [0.3, 0.4) is 0 Å². The van der Waals surface area contributed by atoms with Gasteiger partial charge in [-0.05, 0) is 141 Å². The van der Waals surface area contributed by atoms with Crippen molar-refractivity contribution in [2.75, 3.05) is 13.2 Å². The van der Waals surface area contributed by atoms with E-state index in [1.54, 1.807) is 0 Å². The Balaban J connectivity index is 3.64. The molecule has 458 valence electrons. The van der Waals surface area contributed by atoms with Gasteiger partial charge in [-0.3, -0.25) is 9.59 Å². The molecule has 0 aliphatic carbocycles. The SMILES string of the molecule is CC/C=C\C/C=C\C/C=C\C/C=C\C/C=C\C/C=C\C/C=C\C/C=C\C/C=C\C/C=C\C/C=C\C/C=C\CCCCCCC(=O)OC(CO)COC(=O)CCCCCCCCCCCCCCCC/C=C\C/C=C\C/C=C\C/C=C\CC. The van der Waals surface area contributed by atoms with E-state index in [9.17, 15) is 14.7 Å². The van der Waals surface area contributed by atoms with Gasteiger partial charge in [0.05, 0.1) is 6.61 Å². The van der Waals surface area contributed by atoms with Gasteiger partial charge in [-0.25, -0.2) is 0 Å². The summed E-state index contributed by atoms with van der Waals surface area (Å²) in [5.74, 6) is -0.630. The van der Waals surface area contributed by atoms with E-state index in [1.807, 2.05) is 0 Å². The minimum absolute atomic E-state index is 0.0879. The molecule has 5 heteroatoms. The molecule has 0 aliphatic heterocycles. The molecule has 0 aromatic rings. The first-order valence-electron chi connectivity index (χ1n) is 33.0. The molecular formula is C77H120O5. The number of ether oxygens (including phenoxy) is 2. The van der Waals surface area contributed by atoms with Gasteiger partial charge < -0.3 is 14.6 Å². The molecule has 1 N–H and O–H groups in total. The van der Waals surface area contributed by atoms with Crippen LogP contribution in [0.2, 0.25) is 0 Å². The lowest BCUT2D eigenvalue weighted by molar-refractivity contribution is -0.161. The van der Waals surface area contributed by atoms with Crippen molar-refractivity contribution in [3.8, 4) is 0 Å². The molecule has 0 heterocycles. The molecular weight excluding hydrogens is 1000 g/mol. The molecule has 0 amide bonds. The summed E-state index contributed by atoms with van der Waals surface area (Å²) in [7, 11) is 0. The van der Waals surface area contributed by atoms with Crippen molar-refractivity contribution in [3.05, 3.63) is 194 Å². The fraction of sp³-hybridized carbons (Fsp3) is 0.558. The van der Waals surface area contributed by atoms with E-state index in [2.05, 4.69) is 208 Å². The highest BCUT2D eigenvalue weighted by Crippen LogP contribution is 2.15. The summed E-state index contributed by atoms with van der Waals surface area (Å²) in [4.78, 5) is 24.6. The van der Waals surface area contributed by atoms with Crippen molar-refractivity contribution >= 4 is 11.9 Å². The Hall–Kier alpha value is -5.26. The topological polar surface area (TPSA) is 72.8 Å². The number of aliphatic hydroxyl groups excluding tert-OH is 1. The van der Waals surface area contributed by atoms with Crippen LogP contribution >= 0.6 is 0 Å².